The van der Waals surface area contributed by atoms with Gasteiger partial charge in [-0.3, -0.25) is 0 Å². The molecule has 0 aliphatic heterocycles. The van der Waals surface area contributed by atoms with Crippen LogP contribution in [0, 0.1) is 5.41 Å². The van der Waals surface area contributed by atoms with Gasteiger partial charge in [0.15, 0.2) is 0 Å². The second kappa shape index (κ2) is 4.70. The van der Waals surface area contributed by atoms with Crippen molar-refractivity contribution >= 4 is 0 Å². The van der Waals surface area contributed by atoms with Gasteiger partial charge in [0.25, 0.3) is 0 Å². The maximum atomic E-state index is 8.94. The predicted octanol–water partition coefficient (Wildman–Crippen LogP) is -0.0247. The first kappa shape index (κ1) is 10.9. The molecule has 0 bridgehead atoms. The lowest BCUT2D eigenvalue weighted by Crippen LogP contribution is -2.34. The standard InChI is InChI=1S/C8H19NO2/c1-8(2,3)6-9-4-7(11)5-10/h7,9-11H,4-6H2,1-3H3. The lowest BCUT2D eigenvalue weighted by atomic mass is 9.97. The molecule has 0 amide bonds. The van der Waals surface area contributed by atoms with Crippen LogP contribution in [0.1, 0.15) is 20.8 Å². The third kappa shape index (κ3) is 7.78. The predicted molar refractivity (Wildman–Crippen MR) is 45.4 cm³/mol. The molecule has 0 saturated heterocycles. The monoisotopic (exact) mass is 161 g/mol. The molecule has 68 valence electrons. The van der Waals surface area contributed by atoms with Crippen molar-refractivity contribution < 1.29 is 10.2 Å². The zero-order valence-electron chi connectivity index (χ0n) is 7.59. The topological polar surface area (TPSA) is 52.5 Å². The zero-order valence-corrected chi connectivity index (χ0v) is 7.59. The lowest BCUT2D eigenvalue weighted by molar-refractivity contribution is 0.0925. The Balaban J connectivity index is 3.28. The Kier molecular flexibility index (Phi) is 4.65. The van der Waals surface area contributed by atoms with Crippen molar-refractivity contribution in [3.8, 4) is 0 Å². The molecule has 3 N–H and O–H groups in total. The molecule has 3 nitrogen and oxygen atoms in total. The lowest BCUT2D eigenvalue weighted by Gasteiger charge is -2.19. The SMILES string of the molecule is CC(C)(C)CNCC(O)CO. The molecule has 0 aromatic heterocycles. The van der Waals surface area contributed by atoms with Gasteiger partial charge in [-0.15, -0.1) is 0 Å². The fourth-order valence-electron chi connectivity index (χ4n) is 0.678. The third-order valence-electron chi connectivity index (χ3n) is 1.25. The molecule has 0 aliphatic carbocycles. The van der Waals surface area contributed by atoms with Crippen molar-refractivity contribution in [3.63, 3.8) is 0 Å². The average Bonchev–Trinajstić information content (AvgIpc) is 1.85. The fraction of sp³-hybridized carbons (Fsp3) is 1.00. The summed E-state index contributed by atoms with van der Waals surface area (Å²) in [6, 6.07) is 0. The summed E-state index contributed by atoms with van der Waals surface area (Å²) in [7, 11) is 0. The minimum atomic E-state index is -0.627. The number of hydrogen-bond donors (Lipinski definition) is 3. The van der Waals surface area contributed by atoms with Crippen LogP contribution in [0.4, 0.5) is 0 Å². The highest BCUT2D eigenvalue weighted by atomic mass is 16.3. The molecule has 0 spiro atoms. The van der Waals surface area contributed by atoms with E-state index >= 15 is 0 Å². The highest BCUT2D eigenvalue weighted by Gasteiger charge is 2.09. The van der Waals surface area contributed by atoms with E-state index in [9.17, 15) is 0 Å². The van der Waals surface area contributed by atoms with Crippen LogP contribution in [-0.4, -0.2) is 36.0 Å². The summed E-state index contributed by atoms with van der Waals surface area (Å²) in [4.78, 5) is 0. The van der Waals surface area contributed by atoms with Crippen molar-refractivity contribution in [2.45, 2.75) is 26.9 Å². The molecular weight excluding hydrogens is 142 g/mol. The summed E-state index contributed by atoms with van der Waals surface area (Å²) in [6.45, 7) is 7.50. The van der Waals surface area contributed by atoms with E-state index in [0.717, 1.165) is 6.54 Å². The van der Waals surface area contributed by atoms with Crippen LogP contribution in [0.2, 0.25) is 0 Å². The highest BCUT2D eigenvalue weighted by molar-refractivity contribution is 4.66. The maximum Gasteiger partial charge on any atom is 0.0894 e. The largest absolute Gasteiger partial charge is 0.394 e. The Labute approximate surface area is 68.4 Å². The van der Waals surface area contributed by atoms with Gasteiger partial charge in [-0.05, 0) is 5.41 Å². The van der Waals surface area contributed by atoms with Crippen LogP contribution in [0.5, 0.6) is 0 Å². The summed E-state index contributed by atoms with van der Waals surface area (Å²) in [5.41, 5.74) is 0.231. The zero-order chi connectivity index (χ0) is 8.91. The first-order chi connectivity index (χ1) is 4.95. The van der Waals surface area contributed by atoms with E-state index in [2.05, 4.69) is 26.1 Å². The number of hydrogen-bond acceptors (Lipinski definition) is 3. The van der Waals surface area contributed by atoms with E-state index in [4.69, 9.17) is 10.2 Å². The maximum absolute atomic E-state index is 8.94. The van der Waals surface area contributed by atoms with Gasteiger partial charge in [0.2, 0.25) is 0 Å². The van der Waals surface area contributed by atoms with Crippen molar-refractivity contribution in [1.82, 2.24) is 5.32 Å². The molecule has 1 unspecified atom stereocenters. The summed E-state index contributed by atoms with van der Waals surface area (Å²) in [5.74, 6) is 0. The minimum absolute atomic E-state index is 0.170. The van der Waals surface area contributed by atoms with Crippen molar-refractivity contribution in [2.75, 3.05) is 19.7 Å². The van der Waals surface area contributed by atoms with Gasteiger partial charge in [0, 0.05) is 13.1 Å². The molecule has 0 aromatic carbocycles. The van der Waals surface area contributed by atoms with Crippen molar-refractivity contribution in [3.05, 3.63) is 0 Å². The van der Waals surface area contributed by atoms with E-state index < -0.39 is 6.10 Å². The number of rotatable bonds is 4. The molecule has 0 aromatic rings. The number of aliphatic hydroxyl groups is 2. The Hall–Kier alpha value is -0.120. The normalized spacial score (nSPS) is 15.0. The Bertz CT molecular complexity index is 98.8. The van der Waals surface area contributed by atoms with E-state index in [1.165, 1.54) is 0 Å². The van der Waals surface area contributed by atoms with Crippen LogP contribution in [0.15, 0.2) is 0 Å². The summed E-state index contributed by atoms with van der Waals surface area (Å²) in [6.07, 6.45) is -0.627. The van der Waals surface area contributed by atoms with E-state index in [-0.39, 0.29) is 12.0 Å². The molecule has 0 radical (unpaired) electrons. The van der Waals surface area contributed by atoms with Gasteiger partial charge in [-0.25, -0.2) is 0 Å². The van der Waals surface area contributed by atoms with Crippen molar-refractivity contribution in [2.24, 2.45) is 5.41 Å². The Morgan fingerprint density at radius 2 is 1.91 bits per heavy atom. The van der Waals surface area contributed by atoms with E-state index in [1.807, 2.05) is 0 Å². The molecule has 0 fully saturated rings. The summed E-state index contributed by atoms with van der Waals surface area (Å²) >= 11 is 0. The highest BCUT2D eigenvalue weighted by Crippen LogP contribution is 2.09. The van der Waals surface area contributed by atoms with Crippen LogP contribution >= 0.6 is 0 Å². The van der Waals surface area contributed by atoms with Crippen LogP contribution in [0.3, 0.4) is 0 Å². The first-order valence-corrected chi connectivity index (χ1v) is 3.95. The molecule has 0 heterocycles. The first-order valence-electron chi connectivity index (χ1n) is 3.95. The van der Waals surface area contributed by atoms with Gasteiger partial charge in [0.05, 0.1) is 12.7 Å². The number of aliphatic hydroxyl groups excluding tert-OH is 2. The number of nitrogens with one attached hydrogen (secondary N) is 1. The van der Waals surface area contributed by atoms with E-state index in [0.29, 0.717) is 6.54 Å². The second-order valence-electron chi connectivity index (χ2n) is 4.03. The van der Waals surface area contributed by atoms with Crippen LogP contribution < -0.4 is 5.32 Å². The van der Waals surface area contributed by atoms with Gasteiger partial charge in [-0.1, -0.05) is 20.8 Å². The quantitative estimate of drug-likeness (QED) is 0.543. The van der Waals surface area contributed by atoms with Gasteiger partial charge >= 0.3 is 0 Å². The van der Waals surface area contributed by atoms with Gasteiger partial charge in [-0.2, -0.15) is 0 Å². The molecule has 1 atom stereocenters. The molecular formula is C8H19NO2. The third-order valence-corrected chi connectivity index (χ3v) is 1.25. The van der Waals surface area contributed by atoms with Crippen LogP contribution in [-0.2, 0) is 0 Å². The molecule has 0 rings (SSSR count). The summed E-state index contributed by atoms with van der Waals surface area (Å²) < 4.78 is 0. The minimum Gasteiger partial charge on any atom is -0.394 e. The Morgan fingerprint density at radius 1 is 1.36 bits per heavy atom. The Morgan fingerprint density at radius 3 is 2.27 bits per heavy atom. The molecule has 3 heteroatoms. The van der Waals surface area contributed by atoms with Gasteiger partial charge in [0.1, 0.15) is 0 Å². The average molecular weight is 161 g/mol. The summed E-state index contributed by atoms with van der Waals surface area (Å²) in [5, 5.41) is 20.5. The van der Waals surface area contributed by atoms with E-state index in [1.54, 1.807) is 0 Å². The van der Waals surface area contributed by atoms with Gasteiger partial charge < -0.3 is 15.5 Å². The molecule has 11 heavy (non-hydrogen) atoms. The van der Waals surface area contributed by atoms with Crippen LogP contribution in [0.25, 0.3) is 0 Å². The smallest absolute Gasteiger partial charge is 0.0894 e. The van der Waals surface area contributed by atoms with Crippen molar-refractivity contribution in [1.29, 1.82) is 0 Å². The fourth-order valence-corrected chi connectivity index (χ4v) is 0.678. The molecule has 0 saturated carbocycles. The molecule has 0 aliphatic rings. The second-order valence-corrected chi connectivity index (χ2v) is 4.03.